The Balaban J connectivity index is 1.29. The number of hydrogen-bond acceptors (Lipinski definition) is 4. The first-order valence-corrected chi connectivity index (χ1v) is 12.3. The smallest absolute Gasteiger partial charge is 0.257 e. The van der Waals surface area contributed by atoms with E-state index in [4.69, 9.17) is 4.98 Å². The highest BCUT2D eigenvalue weighted by molar-refractivity contribution is 9.10. The lowest BCUT2D eigenvalue weighted by Gasteiger charge is -2.41. The van der Waals surface area contributed by atoms with Gasteiger partial charge in [0.15, 0.2) is 0 Å². The molecule has 0 aliphatic carbocycles. The Morgan fingerprint density at radius 1 is 1.03 bits per heavy atom. The minimum absolute atomic E-state index is 0.0827. The van der Waals surface area contributed by atoms with E-state index in [0.717, 1.165) is 47.4 Å². The van der Waals surface area contributed by atoms with E-state index in [1.54, 1.807) is 24.4 Å². The zero-order valence-corrected chi connectivity index (χ0v) is 20.0. The van der Waals surface area contributed by atoms with Gasteiger partial charge < -0.3 is 4.90 Å². The number of piperazine rings is 1. The van der Waals surface area contributed by atoms with Gasteiger partial charge in [-0.15, -0.1) is 0 Å². The Bertz CT molecular complexity index is 1360. The molecule has 2 aliphatic rings. The molecule has 6 rings (SSSR count). The molecule has 0 saturated carbocycles. The summed E-state index contributed by atoms with van der Waals surface area (Å²) in [7, 11) is 0. The van der Waals surface area contributed by atoms with Crippen LogP contribution in [0.3, 0.4) is 0 Å². The van der Waals surface area contributed by atoms with E-state index in [0.29, 0.717) is 12.3 Å². The number of likely N-dealkylation sites (tertiary alicyclic amines) is 1. The largest absolute Gasteiger partial charge is 0.330 e. The van der Waals surface area contributed by atoms with Crippen molar-refractivity contribution in [2.24, 2.45) is 0 Å². The zero-order valence-electron chi connectivity index (χ0n) is 18.4. The Hall–Kier alpha value is -3.10. The Labute approximate surface area is 205 Å². The molecular formula is C26H23BrFN5O. The van der Waals surface area contributed by atoms with Gasteiger partial charge in [0.2, 0.25) is 5.78 Å². The molecule has 4 heterocycles. The van der Waals surface area contributed by atoms with Crippen LogP contribution in [0.25, 0.3) is 17.0 Å². The summed E-state index contributed by atoms with van der Waals surface area (Å²) in [5.41, 5.74) is 3.21. The quantitative estimate of drug-likeness (QED) is 0.389. The van der Waals surface area contributed by atoms with Crippen molar-refractivity contribution in [1.82, 2.24) is 24.2 Å². The molecule has 0 spiro atoms. The molecule has 2 aliphatic heterocycles. The number of nitrogens with zero attached hydrogens (tertiary/aromatic N) is 5. The summed E-state index contributed by atoms with van der Waals surface area (Å²) in [6.07, 6.45) is 5.63. The van der Waals surface area contributed by atoms with Crippen molar-refractivity contribution in [1.29, 1.82) is 0 Å². The molecule has 0 N–H and O–H groups in total. The Morgan fingerprint density at radius 2 is 1.76 bits per heavy atom. The highest BCUT2D eigenvalue weighted by Gasteiger charge is 2.43. The summed E-state index contributed by atoms with van der Waals surface area (Å²) in [4.78, 5) is 26.8. The van der Waals surface area contributed by atoms with Crippen molar-refractivity contribution >= 4 is 27.6 Å². The standard InChI is InChI=1S/C26H23BrFN5O/c27-18-8-6-17(7-9-18)24-23(32-13-3-12-29-26(32)30-24)16-31-14-19-10-11-20(15-31)33(19)25(34)21-4-1-2-5-22(21)28/h1-9,12-13,19-20H,10-11,14-16H2. The number of carbonyl (C=O) groups is 1. The Kier molecular flexibility index (Phi) is 5.42. The maximum atomic E-state index is 14.3. The van der Waals surface area contributed by atoms with E-state index in [9.17, 15) is 9.18 Å². The zero-order chi connectivity index (χ0) is 23.2. The first-order valence-electron chi connectivity index (χ1n) is 11.5. The molecule has 0 radical (unpaired) electrons. The van der Waals surface area contributed by atoms with Crippen LogP contribution in [0.2, 0.25) is 0 Å². The van der Waals surface area contributed by atoms with E-state index in [2.05, 4.69) is 42.3 Å². The van der Waals surface area contributed by atoms with Gasteiger partial charge in [-0.1, -0.05) is 40.2 Å². The van der Waals surface area contributed by atoms with E-state index in [-0.39, 0.29) is 23.6 Å². The molecule has 2 unspecified atom stereocenters. The van der Waals surface area contributed by atoms with Gasteiger partial charge in [0.1, 0.15) is 5.82 Å². The minimum Gasteiger partial charge on any atom is -0.330 e. The third-order valence-electron chi connectivity index (χ3n) is 6.89. The van der Waals surface area contributed by atoms with Crippen LogP contribution >= 0.6 is 15.9 Å². The van der Waals surface area contributed by atoms with Crippen LogP contribution < -0.4 is 0 Å². The van der Waals surface area contributed by atoms with E-state index < -0.39 is 5.82 Å². The summed E-state index contributed by atoms with van der Waals surface area (Å²) < 4.78 is 17.4. The van der Waals surface area contributed by atoms with Crippen LogP contribution in [0.15, 0.2) is 71.5 Å². The summed E-state index contributed by atoms with van der Waals surface area (Å²) in [5.74, 6) is 0.0262. The second-order valence-electron chi connectivity index (χ2n) is 8.98. The van der Waals surface area contributed by atoms with Gasteiger partial charge in [-0.25, -0.2) is 14.4 Å². The van der Waals surface area contributed by atoms with Crippen LogP contribution in [0, 0.1) is 5.82 Å². The van der Waals surface area contributed by atoms with E-state index in [1.807, 2.05) is 29.3 Å². The number of aromatic nitrogens is 3. The molecule has 2 bridgehead atoms. The van der Waals surface area contributed by atoms with Gasteiger partial charge >= 0.3 is 0 Å². The van der Waals surface area contributed by atoms with Crippen LogP contribution in [-0.2, 0) is 6.54 Å². The monoisotopic (exact) mass is 519 g/mol. The van der Waals surface area contributed by atoms with Crippen LogP contribution in [0.1, 0.15) is 28.9 Å². The average Bonchev–Trinajstić information content (AvgIpc) is 3.34. The number of benzene rings is 2. The number of amides is 1. The van der Waals surface area contributed by atoms with Gasteiger partial charge in [0.05, 0.1) is 17.0 Å². The average molecular weight is 520 g/mol. The topological polar surface area (TPSA) is 53.7 Å². The Morgan fingerprint density at radius 3 is 2.50 bits per heavy atom. The lowest BCUT2D eigenvalue weighted by Crippen LogP contribution is -2.55. The SMILES string of the molecule is O=C(c1ccccc1F)N1C2CCC1CN(Cc1c(-c3ccc(Br)cc3)nc3ncccn13)C2. The summed E-state index contributed by atoms with van der Waals surface area (Å²) >= 11 is 3.51. The second-order valence-corrected chi connectivity index (χ2v) is 9.89. The molecule has 6 nitrogen and oxygen atoms in total. The summed E-state index contributed by atoms with van der Waals surface area (Å²) in [6.45, 7) is 2.21. The van der Waals surface area contributed by atoms with Crippen molar-refractivity contribution in [2.45, 2.75) is 31.5 Å². The second kappa shape index (κ2) is 8.60. The molecule has 34 heavy (non-hydrogen) atoms. The fourth-order valence-corrected chi connectivity index (χ4v) is 5.63. The number of carbonyl (C=O) groups excluding carboxylic acids is 1. The van der Waals surface area contributed by atoms with Crippen molar-refractivity contribution in [3.8, 4) is 11.3 Å². The highest BCUT2D eigenvalue weighted by atomic mass is 79.9. The van der Waals surface area contributed by atoms with Gasteiger partial charge in [0, 0.05) is 54.1 Å². The normalized spacial score (nSPS) is 20.2. The third kappa shape index (κ3) is 3.71. The van der Waals surface area contributed by atoms with Gasteiger partial charge in [-0.3, -0.25) is 14.1 Å². The van der Waals surface area contributed by atoms with Gasteiger partial charge in [-0.2, -0.15) is 0 Å². The maximum absolute atomic E-state index is 14.3. The lowest BCUT2D eigenvalue weighted by molar-refractivity contribution is 0.0398. The molecular weight excluding hydrogens is 497 g/mol. The van der Waals surface area contributed by atoms with Gasteiger partial charge in [0.25, 0.3) is 5.91 Å². The fourth-order valence-electron chi connectivity index (χ4n) is 5.36. The minimum atomic E-state index is -0.452. The molecule has 2 fully saturated rings. The predicted molar refractivity (Wildman–Crippen MR) is 131 cm³/mol. The molecule has 2 atom stereocenters. The van der Waals surface area contributed by atoms with Gasteiger partial charge in [-0.05, 0) is 43.2 Å². The molecule has 2 aromatic heterocycles. The van der Waals surface area contributed by atoms with E-state index >= 15 is 0 Å². The number of rotatable bonds is 4. The predicted octanol–water partition coefficient (Wildman–Crippen LogP) is 4.79. The lowest BCUT2D eigenvalue weighted by atomic mass is 10.1. The van der Waals surface area contributed by atoms with Crippen LogP contribution in [-0.4, -0.2) is 55.2 Å². The number of halogens is 2. The third-order valence-corrected chi connectivity index (χ3v) is 7.42. The van der Waals surface area contributed by atoms with Crippen molar-refractivity contribution in [2.75, 3.05) is 13.1 Å². The number of imidazole rings is 1. The van der Waals surface area contributed by atoms with Crippen molar-refractivity contribution < 1.29 is 9.18 Å². The molecule has 4 aromatic rings. The molecule has 2 saturated heterocycles. The number of hydrogen-bond donors (Lipinski definition) is 0. The highest BCUT2D eigenvalue weighted by Crippen LogP contribution is 2.34. The van der Waals surface area contributed by atoms with Crippen LogP contribution in [0.5, 0.6) is 0 Å². The maximum Gasteiger partial charge on any atom is 0.257 e. The first-order chi connectivity index (χ1) is 16.6. The molecule has 8 heteroatoms. The number of fused-ring (bicyclic) bond motifs is 3. The van der Waals surface area contributed by atoms with Crippen molar-refractivity contribution in [3.05, 3.63) is 88.5 Å². The molecule has 172 valence electrons. The molecule has 1 amide bonds. The summed E-state index contributed by atoms with van der Waals surface area (Å²) in [6, 6.07) is 16.5. The van der Waals surface area contributed by atoms with Crippen molar-refractivity contribution in [3.63, 3.8) is 0 Å². The van der Waals surface area contributed by atoms with E-state index in [1.165, 1.54) is 6.07 Å². The first kappa shape index (κ1) is 21.4. The molecule has 2 aromatic carbocycles. The summed E-state index contributed by atoms with van der Waals surface area (Å²) in [5, 5.41) is 0. The van der Waals surface area contributed by atoms with Crippen LogP contribution in [0.4, 0.5) is 4.39 Å². The fraction of sp³-hybridized carbons (Fsp3) is 0.269.